The molecule has 2 rings (SSSR count). The van der Waals surface area contributed by atoms with Crippen LogP contribution in [0.2, 0.25) is 0 Å². The van der Waals surface area contributed by atoms with Gasteiger partial charge in [0.05, 0.1) is 0 Å². The van der Waals surface area contributed by atoms with E-state index in [1.165, 1.54) is 45.4 Å². The third-order valence-corrected chi connectivity index (χ3v) is 4.23. The average molecular weight is 238 g/mol. The van der Waals surface area contributed by atoms with Gasteiger partial charge in [0.2, 0.25) is 0 Å². The molecule has 2 fully saturated rings. The van der Waals surface area contributed by atoms with Crippen LogP contribution in [0.15, 0.2) is 0 Å². The molecule has 1 unspecified atom stereocenters. The minimum Gasteiger partial charge on any atom is -0.302 e. The van der Waals surface area contributed by atoms with E-state index in [0.29, 0.717) is 12.2 Å². The predicted molar refractivity (Wildman–Crippen MR) is 70.2 cm³/mol. The molecule has 0 aromatic heterocycles. The van der Waals surface area contributed by atoms with Gasteiger partial charge in [-0.1, -0.05) is 6.92 Å². The fraction of sp³-hybridized carbons (Fsp3) is 0.929. The van der Waals surface area contributed by atoms with Crippen LogP contribution in [0, 0.1) is 0 Å². The molecule has 3 heteroatoms. The molecule has 0 aliphatic carbocycles. The Bertz CT molecular complexity index is 249. The topological polar surface area (TPSA) is 23.6 Å². The summed E-state index contributed by atoms with van der Waals surface area (Å²) in [7, 11) is 0. The van der Waals surface area contributed by atoms with Crippen molar-refractivity contribution >= 4 is 5.78 Å². The first-order valence-electron chi connectivity index (χ1n) is 7.27. The summed E-state index contributed by atoms with van der Waals surface area (Å²) < 4.78 is 0. The van der Waals surface area contributed by atoms with Crippen molar-refractivity contribution in [2.45, 2.75) is 51.5 Å². The number of rotatable bonds is 6. The summed E-state index contributed by atoms with van der Waals surface area (Å²) in [6, 6.07) is 0.805. The molecule has 0 spiro atoms. The minimum absolute atomic E-state index is 0.417. The maximum Gasteiger partial charge on any atom is 0.132 e. The lowest BCUT2D eigenvalue weighted by molar-refractivity contribution is -0.118. The zero-order chi connectivity index (χ0) is 12.1. The van der Waals surface area contributed by atoms with Gasteiger partial charge in [-0.3, -0.25) is 9.69 Å². The van der Waals surface area contributed by atoms with Crippen molar-refractivity contribution in [2.75, 3.05) is 32.7 Å². The zero-order valence-electron chi connectivity index (χ0n) is 11.2. The third kappa shape index (κ3) is 3.78. The molecule has 17 heavy (non-hydrogen) atoms. The lowest BCUT2D eigenvalue weighted by Gasteiger charge is -2.23. The Kier molecular flexibility index (Phi) is 4.99. The smallest absolute Gasteiger partial charge is 0.132 e. The van der Waals surface area contributed by atoms with Crippen molar-refractivity contribution in [3.05, 3.63) is 0 Å². The van der Waals surface area contributed by atoms with Gasteiger partial charge in [-0.2, -0.15) is 0 Å². The van der Waals surface area contributed by atoms with Gasteiger partial charge in [0.1, 0.15) is 5.78 Å². The molecule has 2 aliphatic heterocycles. The molecule has 0 saturated carbocycles. The van der Waals surface area contributed by atoms with Crippen LogP contribution >= 0.6 is 0 Å². The van der Waals surface area contributed by atoms with Gasteiger partial charge in [0, 0.05) is 25.4 Å². The van der Waals surface area contributed by atoms with Crippen LogP contribution in [0.1, 0.15) is 45.4 Å². The maximum atomic E-state index is 11.2. The number of Topliss-reactive ketones (excluding diaryl/α,β-unsaturated/α-hetero) is 1. The molecule has 2 heterocycles. The molecule has 0 radical (unpaired) electrons. The van der Waals surface area contributed by atoms with E-state index < -0.39 is 0 Å². The lowest BCUT2D eigenvalue weighted by atomic mass is 10.2. The van der Waals surface area contributed by atoms with Crippen LogP contribution < -0.4 is 0 Å². The third-order valence-electron chi connectivity index (χ3n) is 4.23. The standard InChI is InChI=1S/C14H26N2O/c1-2-14(17)6-5-8-15-11-7-13(12-15)16-9-3-4-10-16/h13H,2-12H2,1H3. The van der Waals surface area contributed by atoms with Crippen LogP contribution in [0.25, 0.3) is 0 Å². The summed E-state index contributed by atoms with van der Waals surface area (Å²) in [4.78, 5) is 16.4. The zero-order valence-corrected chi connectivity index (χ0v) is 11.2. The van der Waals surface area contributed by atoms with E-state index in [-0.39, 0.29) is 0 Å². The SMILES string of the molecule is CCC(=O)CCCN1CCC(N2CCCC2)C1. The molecule has 1 atom stereocenters. The number of hydrogen-bond acceptors (Lipinski definition) is 3. The Hall–Kier alpha value is -0.410. The van der Waals surface area contributed by atoms with Crippen LogP contribution in [-0.2, 0) is 4.79 Å². The molecule has 0 N–H and O–H groups in total. The van der Waals surface area contributed by atoms with E-state index in [9.17, 15) is 4.79 Å². The van der Waals surface area contributed by atoms with Crippen molar-refractivity contribution in [1.82, 2.24) is 9.80 Å². The number of hydrogen-bond donors (Lipinski definition) is 0. The van der Waals surface area contributed by atoms with Crippen LogP contribution in [0.4, 0.5) is 0 Å². The quantitative estimate of drug-likeness (QED) is 0.706. The minimum atomic E-state index is 0.417. The van der Waals surface area contributed by atoms with Gasteiger partial charge in [0.15, 0.2) is 0 Å². The monoisotopic (exact) mass is 238 g/mol. The van der Waals surface area contributed by atoms with E-state index >= 15 is 0 Å². The highest BCUT2D eigenvalue weighted by molar-refractivity contribution is 5.77. The van der Waals surface area contributed by atoms with Crippen LogP contribution in [-0.4, -0.2) is 54.3 Å². The fourth-order valence-electron chi connectivity index (χ4n) is 3.10. The van der Waals surface area contributed by atoms with Crippen molar-refractivity contribution in [2.24, 2.45) is 0 Å². The fourth-order valence-corrected chi connectivity index (χ4v) is 3.10. The molecule has 2 aliphatic rings. The summed E-state index contributed by atoms with van der Waals surface area (Å²) in [6.45, 7) is 8.18. The van der Waals surface area contributed by atoms with Crippen molar-refractivity contribution in [3.63, 3.8) is 0 Å². The van der Waals surface area contributed by atoms with Gasteiger partial charge in [0.25, 0.3) is 0 Å². The summed E-state index contributed by atoms with van der Waals surface area (Å²) in [5.74, 6) is 0.417. The second-order valence-corrected chi connectivity index (χ2v) is 5.48. The second kappa shape index (κ2) is 6.50. The highest BCUT2D eigenvalue weighted by atomic mass is 16.1. The van der Waals surface area contributed by atoms with Crippen LogP contribution in [0.5, 0.6) is 0 Å². The molecule has 3 nitrogen and oxygen atoms in total. The van der Waals surface area contributed by atoms with E-state index in [4.69, 9.17) is 0 Å². The number of carbonyl (C=O) groups is 1. The Morgan fingerprint density at radius 1 is 1.24 bits per heavy atom. The van der Waals surface area contributed by atoms with Crippen molar-refractivity contribution in [1.29, 1.82) is 0 Å². The highest BCUT2D eigenvalue weighted by Crippen LogP contribution is 2.20. The Balaban J connectivity index is 1.62. The van der Waals surface area contributed by atoms with Gasteiger partial charge < -0.3 is 4.90 Å². The average Bonchev–Trinajstić information content (AvgIpc) is 2.98. The van der Waals surface area contributed by atoms with Gasteiger partial charge in [-0.25, -0.2) is 0 Å². The summed E-state index contributed by atoms with van der Waals surface area (Å²) in [6.07, 6.45) is 6.65. The number of carbonyl (C=O) groups excluding carboxylic acids is 1. The first-order valence-corrected chi connectivity index (χ1v) is 7.27. The molecule has 2 saturated heterocycles. The molecule has 0 aromatic rings. The lowest BCUT2D eigenvalue weighted by Crippen LogP contribution is -2.35. The molecular formula is C14H26N2O. The molecule has 0 amide bonds. The van der Waals surface area contributed by atoms with Crippen LogP contribution in [0.3, 0.4) is 0 Å². The normalized spacial score (nSPS) is 26.8. The van der Waals surface area contributed by atoms with Gasteiger partial charge in [-0.05, 0) is 51.9 Å². The Morgan fingerprint density at radius 2 is 2.00 bits per heavy atom. The number of likely N-dealkylation sites (tertiary alicyclic amines) is 2. The van der Waals surface area contributed by atoms with E-state index in [2.05, 4.69) is 9.80 Å². The predicted octanol–water partition coefficient (Wildman–Crippen LogP) is 1.92. The molecule has 0 aromatic carbocycles. The number of ketones is 1. The van der Waals surface area contributed by atoms with Crippen molar-refractivity contribution < 1.29 is 4.79 Å². The van der Waals surface area contributed by atoms with Crippen molar-refractivity contribution in [3.8, 4) is 0 Å². The number of nitrogens with zero attached hydrogens (tertiary/aromatic N) is 2. The molecular weight excluding hydrogens is 212 g/mol. The largest absolute Gasteiger partial charge is 0.302 e. The first kappa shape index (κ1) is 13.0. The summed E-state index contributed by atoms with van der Waals surface area (Å²) in [5.41, 5.74) is 0. The van der Waals surface area contributed by atoms with E-state index in [0.717, 1.165) is 25.4 Å². The van der Waals surface area contributed by atoms with E-state index in [1.807, 2.05) is 6.92 Å². The molecule has 98 valence electrons. The summed E-state index contributed by atoms with van der Waals surface area (Å²) >= 11 is 0. The highest BCUT2D eigenvalue weighted by Gasteiger charge is 2.28. The van der Waals surface area contributed by atoms with E-state index in [1.54, 1.807) is 0 Å². The maximum absolute atomic E-state index is 11.2. The second-order valence-electron chi connectivity index (χ2n) is 5.48. The summed E-state index contributed by atoms with van der Waals surface area (Å²) in [5, 5.41) is 0. The van der Waals surface area contributed by atoms with Gasteiger partial charge in [-0.15, -0.1) is 0 Å². The Morgan fingerprint density at radius 3 is 2.71 bits per heavy atom. The van der Waals surface area contributed by atoms with Gasteiger partial charge >= 0.3 is 0 Å². The molecule has 0 bridgehead atoms. The first-order chi connectivity index (χ1) is 8.29. The Labute approximate surface area is 105 Å².